The highest BCUT2D eigenvalue weighted by Crippen LogP contribution is 2.24. The molecule has 1 aromatic rings. The molecule has 116 valence electrons. The second-order valence-electron chi connectivity index (χ2n) is 5.18. The van der Waals surface area contributed by atoms with E-state index in [9.17, 15) is 13.6 Å². The molecular weight excluding hydrogens is 280 g/mol. The van der Waals surface area contributed by atoms with Gasteiger partial charge in [0.15, 0.2) is 11.6 Å². The van der Waals surface area contributed by atoms with E-state index >= 15 is 0 Å². The lowest BCUT2D eigenvalue weighted by molar-refractivity contribution is -0.137. The number of carbonyl (C=O) groups is 1. The van der Waals surface area contributed by atoms with E-state index in [0.717, 1.165) is 25.6 Å². The van der Waals surface area contributed by atoms with E-state index < -0.39 is 17.6 Å². The van der Waals surface area contributed by atoms with Crippen LogP contribution in [0.3, 0.4) is 0 Å². The van der Waals surface area contributed by atoms with Gasteiger partial charge >= 0.3 is 5.97 Å². The maximum absolute atomic E-state index is 13.3. The third-order valence-electron chi connectivity index (χ3n) is 3.58. The van der Waals surface area contributed by atoms with Gasteiger partial charge in [-0.25, -0.2) is 8.78 Å². The lowest BCUT2D eigenvalue weighted by Crippen LogP contribution is -2.38. The lowest BCUT2D eigenvalue weighted by Gasteiger charge is -2.33. The first kappa shape index (κ1) is 15.9. The number of carboxylic acids is 1. The molecule has 1 atom stereocenters. The van der Waals surface area contributed by atoms with Crippen LogP contribution in [0, 0.1) is 11.6 Å². The van der Waals surface area contributed by atoms with Crippen molar-refractivity contribution in [3.8, 4) is 0 Å². The largest absolute Gasteiger partial charge is 0.481 e. The zero-order chi connectivity index (χ0) is 15.2. The predicted octanol–water partition coefficient (Wildman–Crippen LogP) is 2.59. The van der Waals surface area contributed by atoms with Gasteiger partial charge in [-0.05, 0) is 37.1 Å². The number of morpholine rings is 1. The summed E-state index contributed by atoms with van der Waals surface area (Å²) in [6.45, 7) is 2.70. The molecule has 1 aliphatic rings. The summed E-state index contributed by atoms with van der Waals surface area (Å²) in [5, 5.41) is 8.59. The number of rotatable bonds is 6. The molecule has 1 N–H and O–H groups in total. The fourth-order valence-electron chi connectivity index (χ4n) is 2.43. The van der Waals surface area contributed by atoms with E-state index in [4.69, 9.17) is 9.84 Å². The normalized spacial score (nSPS) is 19.6. The minimum atomic E-state index is -0.866. The third-order valence-corrected chi connectivity index (χ3v) is 3.58. The van der Waals surface area contributed by atoms with Gasteiger partial charge in [-0.3, -0.25) is 9.69 Å². The van der Waals surface area contributed by atoms with Crippen LogP contribution >= 0.6 is 0 Å². The van der Waals surface area contributed by atoms with Gasteiger partial charge in [-0.15, -0.1) is 0 Å². The molecule has 1 heterocycles. The first-order chi connectivity index (χ1) is 10.1. The Hall–Kier alpha value is -1.53. The Balaban J connectivity index is 1.85. The molecule has 1 aliphatic heterocycles. The molecule has 2 rings (SSSR count). The number of nitrogens with zero attached hydrogens (tertiary/aromatic N) is 1. The van der Waals surface area contributed by atoms with Crippen molar-refractivity contribution in [3.05, 3.63) is 35.4 Å². The Morgan fingerprint density at radius 2 is 2.14 bits per heavy atom. The summed E-state index contributed by atoms with van der Waals surface area (Å²) in [7, 11) is 0. The first-order valence-electron chi connectivity index (χ1n) is 7.07. The molecule has 0 radical (unpaired) electrons. The Kier molecular flexibility index (Phi) is 5.64. The summed E-state index contributed by atoms with van der Waals surface area (Å²) in [5.41, 5.74) is 0.629. The fraction of sp³-hybridized carbons (Fsp3) is 0.533. The smallest absolute Gasteiger partial charge is 0.303 e. The van der Waals surface area contributed by atoms with Crippen molar-refractivity contribution in [2.75, 3.05) is 26.2 Å². The molecule has 0 bridgehead atoms. The van der Waals surface area contributed by atoms with Crippen LogP contribution in [0.25, 0.3) is 0 Å². The van der Waals surface area contributed by atoms with Gasteiger partial charge in [0.2, 0.25) is 0 Å². The molecule has 0 saturated carbocycles. The zero-order valence-corrected chi connectivity index (χ0v) is 11.7. The molecule has 1 unspecified atom stereocenters. The molecule has 21 heavy (non-hydrogen) atoms. The maximum atomic E-state index is 13.3. The van der Waals surface area contributed by atoms with Crippen molar-refractivity contribution >= 4 is 5.97 Å². The average molecular weight is 299 g/mol. The van der Waals surface area contributed by atoms with Crippen LogP contribution < -0.4 is 0 Å². The Morgan fingerprint density at radius 3 is 2.86 bits per heavy atom. The molecule has 0 aliphatic carbocycles. The molecule has 1 fully saturated rings. The highest BCUT2D eigenvalue weighted by atomic mass is 19.2. The first-order valence-corrected chi connectivity index (χ1v) is 7.07. The van der Waals surface area contributed by atoms with Gasteiger partial charge in [-0.2, -0.15) is 0 Å². The minimum Gasteiger partial charge on any atom is -0.481 e. The third kappa shape index (κ3) is 4.75. The van der Waals surface area contributed by atoms with E-state index in [0.29, 0.717) is 25.1 Å². The molecule has 1 saturated heterocycles. The van der Waals surface area contributed by atoms with Crippen LogP contribution in [0.15, 0.2) is 18.2 Å². The summed E-state index contributed by atoms with van der Waals surface area (Å²) >= 11 is 0. The quantitative estimate of drug-likeness (QED) is 0.820. The summed E-state index contributed by atoms with van der Waals surface area (Å²) in [6, 6.07) is 3.82. The van der Waals surface area contributed by atoms with E-state index in [1.54, 1.807) is 0 Å². The zero-order valence-electron chi connectivity index (χ0n) is 11.7. The van der Waals surface area contributed by atoms with E-state index in [1.807, 2.05) is 0 Å². The monoisotopic (exact) mass is 299 g/mol. The van der Waals surface area contributed by atoms with Gasteiger partial charge in [0.1, 0.15) is 0 Å². The summed E-state index contributed by atoms with van der Waals surface area (Å²) in [6.07, 6.45) is 1.35. The summed E-state index contributed by atoms with van der Waals surface area (Å²) in [5.74, 6) is -2.51. The van der Waals surface area contributed by atoms with Gasteiger partial charge in [0.05, 0.1) is 12.7 Å². The summed E-state index contributed by atoms with van der Waals surface area (Å²) in [4.78, 5) is 12.6. The topological polar surface area (TPSA) is 49.8 Å². The molecule has 1 aromatic carbocycles. The van der Waals surface area contributed by atoms with Crippen LogP contribution in [-0.2, 0) is 9.53 Å². The number of halogens is 2. The standard InChI is InChI=1S/C15H19F2NO3/c16-12-5-4-11(9-13(12)17)14-10-18(7-8-21-14)6-2-1-3-15(19)20/h4-5,9,14H,1-3,6-8,10H2,(H,19,20). The fourth-order valence-corrected chi connectivity index (χ4v) is 2.43. The molecular formula is C15H19F2NO3. The van der Waals surface area contributed by atoms with Crippen LogP contribution in [0.4, 0.5) is 8.78 Å². The van der Waals surface area contributed by atoms with Crippen LogP contribution in [0.1, 0.15) is 30.9 Å². The van der Waals surface area contributed by atoms with Crippen molar-refractivity contribution in [2.24, 2.45) is 0 Å². The number of unbranched alkanes of at least 4 members (excludes halogenated alkanes) is 1. The van der Waals surface area contributed by atoms with Crippen LogP contribution in [-0.4, -0.2) is 42.2 Å². The Morgan fingerprint density at radius 1 is 1.33 bits per heavy atom. The average Bonchev–Trinajstić information content (AvgIpc) is 2.47. The van der Waals surface area contributed by atoms with E-state index in [2.05, 4.69) is 4.90 Å². The van der Waals surface area contributed by atoms with Gasteiger partial charge in [-0.1, -0.05) is 6.07 Å². The van der Waals surface area contributed by atoms with Crippen molar-refractivity contribution in [1.29, 1.82) is 0 Å². The molecule has 0 amide bonds. The Labute approximate surface area is 122 Å². The molecule has 0 spiro atoms. The summed E-state index contributed by atoms with van der Waals surface area (Å²) < 4.78 is 31.8. The number of ether oxygens (including phenoxy) is 1. The Bertz CT molecular complexity index is 496. The number of carboxylic acid groups (broad SMARTS) is 1. The van der Waals surface area contributed by atoms with Crippen molar-refractivity contribution in [1.82, 2.24) is 4.90 Å². The predicted molar refractivity (Wildman–Crippen MR) is 73.0 cm³/mol. The second kappa shape index (κ2) is 7.47. The number of benzene rings is 1. The highest BCUT2D eigenvalue weighted by Gasteiger charge is 2.22. The number of hydrogen-bond donors (Lipinski definition) is 1. The van der Waals surface area contributed by atoms with Gasteiger partial charge in [0, 0.05) is 19.5 Å². The van der Waals surface area contributed by atoms with Crippen molar-refractivity contribution in [2.45, 2.75) is 25.4 Å². The molecule has 4 nitrogen and oxygen atoms in total. The molecule has 0 aromatic heterocycles. The van der Waals surface area contributed by atoms with Crippen molar-refractivity contribution in [3.63, 3.8) is 0 Å². The maximum Gasteiger partial charge on any atom is 0.303 e. The lowest BCUT2D eigenvalue weighted by atomic mass is 10.1. The van der Waals surface area contributed by atoms with Crippen LogP contribution in [0.5, 0.6) is 0 Å². The SMILES string of the molecule is O=C(O)CCCCN1CCOC(c2ccc(F)c(F)c2)C1. The molecule has 6 heteroatoms. The second-order valence-corrected chi connectivity index (χ2v) is 5.18. The highest BCUT2D eigenvalue weighted by molar-refractivity contribution is 5.66. The van der Waals surface area contributed by atoms with Crippen molar-refractivity contribution < 1.29 is 23.4 Å². The van der Waals surface area contributed by atoms with Gasteiger partial charge < -0.3 is 9.84 Å². The minimum absolute atomic E-state index is 0.178. The van der Waals surface area contributed by atoms with E-state index in [-0.39, 0.29) is 12.5 Å². The van der Waals surface area contributed by atoms with E-state index in [1.165, 1.54) is 12.1 Å². The van der Waals surface area contributed by atoms with Gasteiger partial charge in [0.25, 0.3) is 0 Å². The number of aliphatic carboxylic acids is 1. The van der Waals surface area contributed by atoms with Crippen LogP contribution in [0.2, 0.25) is 0 Å². The number of hydrogen-bond acceptors (Lipinski definition) is 3.